The Bertz CT molecular complexity index is 1440. The van der Waals surface area contributed by atoms with Crippen molar-refractivity contribution in [2.45, 2.75) is 19.0 Å². The van der Waals surface area contributed by atoms with E-state index in [0.29, 0.717) is 27.9 Å². The second-order valence-electron chi connectivity index (χ2n) is 8.31. The number of anilines is 2. The molecule has 0 spiro atoms. The molecule has 0 saturated carbocycles. The predicted molar refractivity (Wildman–Crippen MR) is 140 cm³/mol. The first kappa shape index (κ1) is 23.3. The van der Waals surface area contributed by atoms with Crippen LogP contribution in [-0.4, -0.2) is 27.1 Å². The highest BCUT2D eigenvalue weighted by Crippen LogP contribution is 2.43. The minimum absolute atomic E-state index is 0.149. The zero-order valence-electron chi connectivity index (χ0n) is 19.2. The molecule has 4 aromatic rings. The van der Waals surface area contributed by atoms with Crippen LogP contribution in [-0.2, 0) is 4.79 Å². The molecule has 36 heavy (non-hydrogen) atoms. The lowest BCUT2D eigenvalue weighted by Gasteiger charge is -2.26. The van der Waals surface area contributed by atoms with Crippen molar-refractivity contribution in [1.29, 1.82) is 0 Å². The molecule has 0 unspecified atom stereocenters. The van der Waals surface area contributed by atoms with Gasteiger partial charge in [0.2, 0.25) is 5.91 Å². The molecule has 8 nitrogen and oxygen atoms in total. The number of benzene rings is 2. The highest BCUT2D eigenvalue weighted by Gasteiger charge is 2.42. The van der Waals surface area contributed by atoms with Gasteiger partial charge >= 0.3 is 5.97 Å². The number of carbonyl (C=O) groups excluding carboxylic acids is 1. The van der Waals surface area contributed by atoms with E-state index in [-0.39, 0.29) is 23.6 Å². The summed E-state index contributed by atoms with van der Waals surface area (Å²) in [6, 6.07) is 22.7. The van der Waals surface area contributed by atoms with Crippen molar-refractivity contribution in [1.82, 2.24) is 10.3 Å². The Balaban J connectivity index is 1.55. The van der Waals surface area contributed by atoms with Crippen LogP contribution in [0.3, 0.4) is 0 Å². The van der Waals surface area contributed by atoms with Crippen molar-refractivity contribution < 1.29 is 19.1 Å². The predicted octanol–water partition coefficient (Wildman–Crippen LogP) is 5.18. The molecule has 1 fully saturated rings. The summed E-state index contributed by atoms with van der Waals surface area (Å²) in [6.07, 6.45) is 1.73. The van der Waals surface area contributed by atoms with Crippen LogP contribution in [0.2, 0.25) is 0 Å². The summed E-state index contributed by atoms with van der Waals surface area (Å²) >= 11 is 5.74. The third kappa shape index (κ3) is 4.56. The minimum Gasteiger partial charge on any atom is -0.478 e. The summed E-state index contributed by atoms with van der Waals surface area (Å²) in [4.78, 5) is 29.3. The van der Waals surface area contributed by atoms with Gasteiger partial charge in [0.05, 0.1) is 17.3 Å². The molecule has 2 aromatic heterocycles. The Kier molecular flexibility index (Phi) is 6.22. The lowest BCUT2D eigenvalue weighted by molar-refractivity contribution is -0.114. The number of pyridine rings is 1. The van der Waals surface area contributed by atoms with E-state index in [4.69, 9.17) is 16.6 Å². The van der Waals surface area contributed by atoms with E-state index in [2.05, 4.69) is 15.6 Å². The fraction of sp³-hybridized carbons (Fsp3) is 0.111. The van der Waals surface area contributed by atoms with Crippen molar-refractivity contribution in [3.05, 3.63) is 102 Å². The van der Waals surface area contributed by atoms with E-state index >= 15 is 0 Å². The zero-order chi connectivity index (χ0) is 25.2. The molecule has 1 aliphatic rings. The molecule has 180 valence electrons. The third-order valence-corrected chi connectivity index (χ3v) is 6.19. The molecule has 9 heteroatoms. The molecule has 3 N–H and O–H groups in total. The molecule has 1 amide bonds. The number of hydrogen-bond acceptors (Lipinski definition) is 5. The number of rotatable bonds is 6. The highest BCUT2D eigenvalue weighted by molar-refractivity contribution is 7.80. The van der Waals surface area contributed by atoms with E-state index in [1.807, 2.05) is 59.5 Å². The fourth-order valence-electron chi connectivity index (χ4n) is 4.30. The van der Waals surface area contributed by atoms with Gasteiger partial charge in [-0.2, -0.15) is 0 Å². The number of aromatic nitrogens is 1. The second-order valence-corrected chi connectivity index (χ2v) is 8.70. The van der Waals surface area contributed by atoms with Crippen LogP contribution < -0.4 is 15.5 Å². The molecule has 1 saturated heterocycles. The van der Waals surface area contributed by atoms with E-state index in [1.54, 1.807) is 30.5 Å². The van der Waals surface area contributed by atoms with E-state index in [9.17, 15) is 14.7 Å². The van der Waals surface area contributed by atoms with Gasteiger partial charge in [0.15, 0.2) is 5.11 Å². The van der Waals surface area contributed by atoms with E-state index in [0.717, 1.165) is 11.4 Å². The summed E-state index contributed by atoms with van der Waals surface area (Å²) in [5.41, 5.74) is 3.14. The number of carbonyl (C=O) groups is 2. The first-order valence-electron chi connectivity index (χ1n) is 11.2. The summed E-state index contributed by atoms with van der Waals surface area (Å²) in [7, 11) is 0. The molecule has 2 aromatic carbocycles. The van der Waals surface area contributed by atoms with E-state index in [1.165, 1.54) is 6.92 Å². The highest BCUT2D eigenvalue weighted by atomic mass is 32.1. The van der Waals surface area contributed by atoms with Gasteiger partial charge in [-0.25, -0.2) is 4.79 Å². The second kappa shape index (κ2) is 9.63. The lowest BCUT2D eigenvalue weighted by Crippen LogP contribution is -2.29. The molecule has 3 heterocycles. The number of hydrogen-bond donors (Lipinski definition) is 3. The Hall–Kier alpha value is -4.50. The number of amides is 1. The van der Waals surface area contributed by atoms with Gasteiger partial charge in [-0.1, -0.05) is 18.2 Å². The number of nitrogens with one attached hydrogen (secondary N) is 2. The normalized spacial score (nSPS) is 17.0. The Morgan fingerprint density at radius 3 is 2.56 bits per heavy atom. The topological polar surface area (TPSA) is 108 Å². The first-order chi connectivity index (χ1) is 17.4. The minimum atomic E-state index is -1.00. The average Bonchev–Trinajstić information content (AvgIpc) is 3.49. The molecule has 2 atom stereocenters. The Morgan fingerprint density at radius 2 is 1.86 bits per heavy atom. The van der Waals surface area contributed by atoms with Gasteiger partial charge in [-0.05, 0) is 72.9 Å². The maximum atomic E-state index is 11.4. The third-order valence-electron chi connectivity index (χ3n) is 5.88. The number of nitrogens with zero attached hydrogens (tertiary/aromatic N) is 2. The molecule has 1 aliphatic heterocycles. The van der Waals surface area contributed by atoms with Gasteiger partial charge < -0.3 is 25.1 Å². The first-order valence-corrected chi connectivity index (χ1v) is 11.6. The fourth-order valence-corrected chi connectivity index (χ4v) is 4.65. The summed E-state index contributed by atoms with van der Waals surface area (Å²) in [6.45, 7) is 1.46. The van der Waals surface area contributed by atoms with Gasteiger partial charge in [0.1, 0.15) is 17.6 Å². The van der Waals surface area contributed by atoms with Crippen LogP contribution >= 0.6 is 12.2 Å². The Morgan fingerprint density at radius 1 is 1.06 bits per heavy atom. The molecule has 0 aliphatic carbocycles. The molecule has 5 rings (SSSR count). The standard InChI is InChI=1S/C27H22N4O4S/c1-16(32)29-19-8-10-20(11-9-19)31-25(24(30-27(31)36)21-7-2-3-14-28-21)23-13-12-22(35-23)17-5-4-6-18(15-17)26(33)34/h2-15,24-25H,1H3,(H,29,32)(H,30,36)(H,33,34)/t24-,25+/m1/s1. The number of thiocarbonyl (C=S) groups is 1. The lowest BCUT2D eigenvalue weighted by atomic mass is 10.0. The summed E-state index contributed by atoms with van der Waals surface area (Å²) < 4.78 is 6.30. The average molecular weight is 499 g/mol. The van der Waals surface area contributed by atoms with Crippen LogP contribution in [0.1, 0.15) is 40.8 Å². The Labute approximate surface area is 212 Å². The molecule has 0 radical (unpaired) electrons. The quantitative estimate of drug-likeness (QED) is 0.312. The smallest absolute Gasteiger partial charge is 0.335 e. The summed E-state index contributed by atoms with van der Waals surface area (Å²) in [5.74, 6) is 0.0358. The van der Waals surface area contributed by atoms with Crippen LogP contribution in [0.5, 0.6) is 0 Å². The van der Waals surface area contributed by atoms with Crippen molar-refractivity contribution in [3.8, 4) is 11.3 Å². The van der Waals surface area contributed by atoms with Crippen molar-refractivity contribution in [2.24, 2.45) is 0 Å². The number of carboxylic acids is 1. The van der Waals surface area contributed by atoms with Crippen LogP contribution in [0.25, 0.3) is 11.3 Å². The van der Waals surface area contributed by atoms with Gasteiger partial charge in [0, 0.05) is 30.1 Å². The molecular weight excluding hydrogens is 476 g/mol. The van der Waals surface area contributed by atoms with Crippen molar-refractivity contribution in [2.75, 3.05) is 10.2 Å². The summed E-state index contributed by atoms with van der Waals surface area (Å²) in [5, 5.41) is 16.0. The SMILES string of the molecule is CC(=O)Nc1ccc(N2C(=S)N[C@H](c3ccccn3)[C@@H]2c2ccc(-c3cccc(C(=O)O)c3)o2)cc1. The van der Waals surface area contributed by atoms with Crippen LogP contribution in [0, 0.1) is 0 Å². The monoisotopic (exact) mass is 498 g/mol. The largest absolute Gasteiger partial charge is 0.478 e. The van der Waals surface area contributed by atoms with Crippen LogP contribution in [0.15, 0.2) is 89.5 Å². The van der Waals surface area contributed by atoms with Crippen molar-refractivity contribution >= 4 is 40.6 Å². The van der Waals surface area contributed by atoms with Gasteiger partial charge in [-0.3, -0.25) is 9.78 Å². The molecule has 0 bridgehead atoms. The van der Waals surface area contributed by atoms with Crippen molar-refractivity contribution in [3.63, 3.8) is 0 Å². The maximum Gasteiger partial charge on any atom is 0.335 e. The van der Waals surface area contributed by atoms with Gasteiger partial charge in [0.25, 0.3) is 0 Å². The number of aromatic carboxylic acids is 1. The number of carboxylic acid groups (broad SMARTS) is 1. The van der Waals surface area contributed by atoms with Crippen LogP contribution in [0.4, 0.5) is 11.4 Å². The molecular formula is C27H22N4O4S. The zero-order valence-corrected chi connectivity index (χ0v) is 20.0. The number of furan rings is 1. The van der Waals surface area contributed by atoms with E-state index < -0.39 is 5.97 Å². The van der Waals surface area contributed by atoms with Gasteiger partial charge in [-0.15, -0.1) is 0 Å². The maximum absolute atomic E-state index is 11.4.